The van der Waals surface area contributed by atoms with Crippen molar-refractivity contribution in [2.24, 2.45) is 5.73 Å². The van der Waals surface area contributed by atoms with Gasteiger partial charge in [-0.3, -0.25) is 0 Å². The number of benzene rings is 1. The summed E-state index contributed by atoms with van der Waals surface area (Å²) in [6.45, 7) is 0. The van der Waals surface area contributed by atoms with Crippen LogP contribution in [0.15, 0.2) is 47.1 Å². The van der Waals surface area contributed by atoms with E-state index < -0.39 is 0 Å². The molecule has 0 amide bonds. The molecule has 0 saturated heterocycles. The van der Waals surface area contributed by atoms with Gasteiger partial charge in [-0.2, -0.15) is 0 Å². The number of fused-ring (bicyclic) bond motifs is 1. The van der Waals surface area contributed by atoms with E-state index in [1.165, 1.54) is 5.56 Å². The molecule has 0 fully saturated rings. The van der Waals surface area contributed by atoms with Gasteiger partial charge in [0.05, 0.1) is 10.4 Å². The number of thiocarbonyl (C=S) groups is 1. The maximum atomic E-state index is 5.58. The first-order chi connectivity index (χ1) is 9.75. The number of thioether (sulfide) groups is 1. The lowest BCUT2D eigenvalue weighted by Crippen LogP contribution is -2.10. The van der Waals surface area contributed by atoms with Crippen LogP contribution in [0.3, 0.4) is 0 Å². The van der Waals surface area contributed by atoms with Crippen LogP contribution in [0.2, 0.25) is 0 Å². The lowest BCUT2D eigenvalue weighted by Gasteiger charge is -2.04. The minimum absolute atomic E-state index is 0.484. The van der Waals surface area contributed by atoms with Crippen LogP contribution in [0.25, 0.3) is 21.3 Å². The lowest BCUT2D eigenvalue weighted by molar-refractivity contribution is 1.11. The molecule has 6 heteroatoms. The molecule has 20 heavy (non-hydrogen) atoms. The summed E-state index contributed by atoms with van der Waals surface area (Å²) in [6, 6.07) is 10.3. The summed E-state index contributed by atoms with van der Waals surface area (Å²) < 4.78 is 0. The van der Waals surface area contributed by atoms with Gasteiger partial charge in [-0.05, 0) is 5.56 Å². The second kappa shape index (κ2) is 5.87. The molecular weight excluding hydrogens is 306 g/mol. The topological polar surface area (TPSA) is 51.8 Å². The van der Waals surface area contributed by atoms with Crippen LogP contribution in [0, 0.1) is 0 Å². The third kappa shape index (κ3) is 2.67. The smallest absolute Gasteiger partial charge is 0.128 e. The predicted octanol–water partition coefficient (Wildman–Crippen LogP) is 3.74. The number of hydrogen-bond donors (Lipinski definition) is 1. The van der Waals surface area contributed by atoms with E-state index in [1.807, 2.05) is 18.2 Å². The molecule has 0 radical (unpaired) electrons. The van der Waals surface area contributed by atoms with E-state index in [2.05, 4.69) is 27.5 Å². The highest BCUT2D eigenvalue weighted by Crippen LogP contribution is 2.37. The van der Waals surface area contributed by atoms with Crippen molar-refractivity contribution in [3.8, 4) is 11.1 Å². The van der Waals surface area contributed by atoms with Crippen LogP contribution >= 0.6 is 35.3 Å². The quantitative estimate of drug-likeness (QED) is 0.451. The Morgan fingerprint density at radius 1 is 1.25 bits per heavy atom. The molecule has 0 aliphatic rings. The van der Waals surface area contributed by atoms with E-state index in [0.29, 0.717) is 10.7 Å². The third-order valence-corrected chi connectivity index (χ3v) is 5.02. The number of aromatic nitrogens is 2. The molecule has 2 heterocycles. The van der Waals surface area contributed by atoms with Gasteiger partial charge in [-0.1, -0.05) is 54.3 Å². The van der Waals surface area contributed by atoms with E-state index in [9.17, 15) is 0 Å². The third-order valence-electron chi connectivity index (χ3n) is 2.77. The second-order valence-electron chi connectivity index (χ2n) is 4.13. The van der Waals surface area contributed by atoms with Gasteiger partial charge >= 0.3 is 0 Å². The van der Waals surface area contributed by atoms with Crippen molar-refractivity contribution in [1.82, 2.24) is 9.97 Å². The molecule has 2 N–H and O–H groups in total. The first-order valence-electron chi connectivity index (χ1n) is 5.94. The molecule has 0 atom stereocenters. The summed E-state index contributed by atoms with van der Waals surface area (Å²) in [5.74, 6) is 0.589. The molecular formula is C14H11N3S3. The van der Waals surface area contributed by atoms with Gasteiger partial charge < -0.3 is 5.73 Å². The van der Waals surface area contributed by atoms with Gasteiger partial charge in [0.25, 0.3) is 0 Å². The zero-order valence-electron chi connectivity index (χ0n) is 10.4. The molecule has 0 aliphatic carbocycles. The number of nitrogens with zero attached hydrogens (tertiary/aromatic N) is 2. The van der Waals surface area contributed by atoms with Gasteiger partial charge in [-0.25, -0.2) is 9.97 Å². The largest absolute Gasteiger partial charge is 0.393 e. The fourth-order valence-corrected chi connectivity index (χ4v) is 3.84. The Bertz CT molecular complexity index is 753. The van der Waals surface area contributed by atoms with Crippen LogP contribution in [0.4, 0.5) is 0 Å². The highest BCUT2D eigenvalue weighted by atomic mass is 32.2. The summed E-state index contributed by atoms with van der Waals surface area (Å²) in [7, 11) is 0. The first kappa shape index (κ1) is 13.5. The van der Waals surface area contributed by atoms with E-state index >= 15 is 0 Å². The van der Waals surface area contributed by atoms with Gasteiger partial charge in [0.2, 0.25) is 0 Å². The normalized spacial score (nSPS) is 10.8. The standard InChI is InChI=1S/C14H11N3S3/c15-11(18)7-20-14-12-10(9-4-2-1-3-5-9)6-19-13(12)16-8-17-14/h1-6,8H,7H2,(H2,15,18). The van der Waals surface area contributed by atoms with Crippen LogP contribution in [0.5, 0.6) is 0 Å². The zero-order chi connectivity index (χ0) is 13.9. The molecule has 3 aromatic rings. The summed E-state index contributed by atoms with van der Waals surface area (Å²) >= 11 is 8.13. The Labute approximate surface area is 130 Å². The van der Waals surface area contributed by atoms with Gasteiger partial charge in [0.15, 0.2) is 0 Å². The SMILES string of the molecule is NC(=S)CSc1ncnc2scc(-c3ccccc3)c12. The van der Waals surface area contributed by atoms with E-state index in [4.69, 9.17) is 18.0 Å². The molecule has 100 valence electrons. The maximum absolute atomic E-state index is 5.58. The van der Waals surface area contributed by atoms with Crippen LogP contribution in [0.1, 0.15) is 0 Å². The van der Waals surface area contributed by atoms with Crippen molar-refractivity contribution >= 4 is 50.5 Å². The fourth-order valence-electron chi connectivity index (χ4n) is 1.93. The number of rotatable bonds is 4. The Morgan fingerprint density at radius 3 is 2.80 bits per heavy atom. The Kier molecular flexibility index (Phi) is 3.95. The molecule has 3 rings (SSSR count). The molecule has 0 unspecified atom stereocenters. The summed E-state index contributed by atoms with van der Waals surface area (Å²) in [5, 5.41) is 4.15. The molecule has 3 nitrogen and oxygen atoms in total. The first-order valence-corrected chi connectivity index (χ1v) is 8.22. The molecule has 0 saturated carbocycles. The van der Waals surface area contributed by atoms with Crippen LogP contribution in [-0.4, -0.2) is 20.7 Å². The van der Waals surface area contributed by atoms with Crippen molar-refractivity contribution in [3.63, 3.8) is 0 Å². The van der Waals surface area contributed by atoms with E-state index in [0.717, 1.165) is 20.8 Å². The van der Waals surface area contributed by atoms with E-state index in [-0.39, 0.29) is 0 Å². The van der Waals surface area contributed by atoms with Gasteiger partial charge in [0.1, 0.15) is 16.2 Å². The molecule has 1 aromatic carbocycles. The highest BCUT2D eigenvalue weighted by Gasteiger charge is 2.13. The van der Waals surface area contributed by atoms with Crippen molar-refractivity contribution < 1.29 is 0 Å². The van der Waals surface area contributed by atoms with Gasteiger partial charge in [0, 0.05) is 16.7 Å². The Hall–Kier alpha value is -1.50. The Morgan fingerprint density at radius 2 is 2.05 bits per heavy atom. The molecule has 0 spiro atoms. The number of thiophene rings is 1. The predicted molar refractivity (Wildman–Crippen MR) is 90.4 cm³/mol. The second-order valence-corrected chi connectivity index (χ2v) is 6.48. The van der Waals surface area contributed by atoms with Crippen LogP contribution in [-0.2, 0) is 0 Å². The monoisotopic (exact) mass is 317 g/mol. The van der Waals surface area contributed by atoms with Crippen molar-refractivity contribution in [2.45, 2.75) is 5.03 Å². The maximum Gasteiger partial charge on any atom is 0.128 e. The number of nitrogens with two attached hydrogens (primary N) is 1. The molecule has 2 aromatic heterocycles. The average molecular weight is 317 g/mol. The lowest BCUT2D eigenvalue weighted by atomic mass is 10.1. The van der Waals surface area contributed by atoms with Crippen molar-refractivity contribution in [3.05, 3.63) is 42.0 Å². The van der Waals surface area contributed by atoms with Crippen molar-refractivity contribution in [2.75, 3.05) is 5.75 Å². The molecule has 0 bridgehead atoms. The fraction of sp³-hybridized carbons (Fsp3) is 0.0714. The number of hydrogen-bond acceptors (Lipinski definition) is 5. The summed E-state index contributed by atoms with van der Waals surface area (Å²) in [5.41, 5.74) is 7.91. The molecule has 0 aliphatic heterocycles. The highest BCUT2D eigenvalue weighted by molar-refractivity contribution is 8.01. The minimum atomic E-state index is 0.484. The van der Waals surface area contributed by atoms with Crippen molar-refractivity contribution in [1.29, 1.82) is 0 Å². The Balaban J connectivity index is 2.12. The minimum Gasteiger partial charge on any atom is -0.393 e. The van der Waals surface area contributed by atoms with E-state index in [1.54, 1.807) is 29.4 Å². The summed E-state index contributed by atoms with van der Waals surface area (Å²) in [6.07, 6.45) is 1.59. The van der Waals surface area contributed by atoms with Gasteiger partial charge in [-0.15, -0.1) is 11.3 Å². The summed E-state index contributed by atoms with van der Waals surface area (Å²) in [4.78, 5) is 10.2. The zero-order valence-corrected chi connectivity index (χ0v) is 12.9. The van der Waals surface area contributed by atoms with Crippen LogP contribution < -0.4 is 5.73 Å². The average Bonchev–Trinajstić information content (AvgIpc) is 2.90.